The van der Waals surface area contributed by atoms with Crippen molar-refractivity contribution in [2.75, 3.05) is 19.8 Å². The third kappa shape index (κ3) is 3.85. The summed E-state index contributed by atoms with van der Waals surface area (Å²) in [5, 5.41) is 10.1. The predicted molar refractivity (Wildman–Crippen MR) is 90.5 cm³/mol. The molecule has 1 saturated heterocycles. The minimum Gasteiger partial charge on any atom is -0.480 e. The van der Waals surface area contributed by atoms with Crippen LogP contribution < -0.4 is 0 Å². The Morgan fingerprint density at radius 3 is 2.54 bits per heavy atom. The lowest BCUT2D eigenvalue weighted by Gasteiger charge is -2.33. The summed E-state index contributed by atoms with van der Waals surface area (Å²) in [5.74, 6) is -1.16. The number of hydrogen-bond donors (Lipinski definition) is 1. The lowest BCUT2D eigenvalue weighted by Crippen LogP contribution is -2.46. The summed E-state index contributed by atoms with van der Waals surface area (Å²) in [6.45, 7) is 0.873. The van der Waals surface area contributed by atoms with Crippen LogP contribution in [0.2, 0.25) is 10.0 Å². The molecule has 0 radical (unpaired) electrons. The van der Waals surface area contributed by atoms with E-state index in [1.54, 1.807) is 12.1 Å². The van der Waals surface area contributed by atoms with Crippen LogP contribution in [-0.2, 0) is 14.3 Å². The van der Waals surface area contributed by atoms with Gasteiger partial charge in [-0.2, -0.15) is 0 Å². The summed E-state index contributed by atoms with van der Waals surface area (Å²) in [6.07, 6.45) is 2.09. The van der Waals surface area contributed by atoms with E-state index in [9.17, 15) is 9.59 Å². The summed E-state index contributed by atoms with van der Waals surface area (Å²) in [5.41, 5.74) is 0.977. The van der Waals surface area contributed by atoms with Crippen molar-refractivity contribution in [2.45, 2.75) is 31.2 Å². The van der Waals surface area contributed by atoms with Gasteiger partial charge >= 0.3 is 5.97 Å². The number of ether oxygens (including phenoxy) is 1. The number of aliphatic carboxylic acids is 1. The molecular weight excluding hydrogens is 353 g/mol. The number of nitrogens with zero attached hydrogens (tertiary/aromatic N) is 1. The topological polar surface area (TPSA) is 66.8 Å². The number of hydrogen-bond acceptors (Lipinski definition) is 3. The van der Waals surface area contributed by atoms with Gasteiger partial charge in [0.25, 0.3) is 0 Å². The van der Waals surface area contributed by atoms with Crippen LogP contribution in [0.4, 0.5) is 0 Å². The number of halogens is 2. The molecule has 130 valence electrons. The molecule has 1 N–H and O–H groups in total. The standard InChI is InChI=1S/C17H19Cl2NO4/c18-14-2-1-10(7-15(14)19)12-8-13(12)17(23)20(9-16(21)22)11-3-5-24-6-4-11/h1-2,7,11-13H,3-6,8-9H2,(H,21,22). The van der Waals surface area contributed by atoms with E-state index < -0.39 is 5.97 Å². The number of benzene rings is 1. The van der Waals surface area contributed by atoms with E-state index >= 15 is 0 Å². The van der Waals surface area contributed by atoms with Crippen molar-refractivity contribution in [2.24, 2.45) is 5.92 Å². The van der Waals surface area contributed by atoms with Crippen LogP contribution in [0.5, 0.6) is 0 Å². The Kier molecular flexibility index (Phi) is 5.33. The maximum atomic E-state index is 12.8. The number of amides is 1. The van der Waals surface area contributed by atoms with Crippen LogP contribution in [0.3, 0.4) is 0 Å². The summed E-state index contributed by atoms with van der Waals surface area (Å²) in [7, 11) is 0. The van der Waals surface area contributed by atoms with Gasteiger partial charge in [0.05, 0.1) is 10.0 Å². The molecule has 1 heterocycles. The van der Waals surface area contributed by atoms with E-state index in [0.29, 0.717) is 36.1 Å². The Labute approximate surface area is 150 Å². The van der Waals surface area contributed by atoms with Gasteiger partial charge in [-0.15, -0.1) is 0 Å². The molecule has 1 aromatic rings. The summed E-state index contributed by atoms with van der Waals surface area (Å²) < 4.78 is 5.31. The van der Waals surface area contributed by atoms with Gasteiger partial charge in [0.1, 0.15) is 6.54 Å². The Balaban J connectivity index is 1.71. The number of rotatable bonds is 5. The fourth-order valence-corrected chi connectivity index (χ4v) is 3.63. The summed E-state index contributed by atoms with van der Waals surface area (Å²) in [6, 6.07) is 5.34. The molecule has 1 aromatic carbocycles. The highest BCUT2D eigenvalue weighted by atomic mass is 35.5. The first-order valence-electron chi connectivity index (χ1n) is 8.02. The molecule has 0 aromatic heterocycles. The van der Waals surface area contributed by atoms with Crippen molar-refractivity contribution in [1.82, 2.24) is 4.90 Å². The Morgan fingerprint density at radius 1 is 1.21 bits per heavy atom. The first-order chi connectivity index (χ1) is 11.5. The largest absolute Gasteiger partial charge is 0.480 e. The molecule has 2 unspecified atom stereocenters. The van der Waals surface area contributed by atoms with Crippen LogP contribution >= 0.6 is 23.2 Å². The summed E-state index contributed by atoms with van der Waals surface area (Å²) in [4.78, 5) is 25.5. The van der Waals surface area contributed by atoms with Crippen molar-refractivity contribution in [3.8, 4) is 0 Å². The number of carbonyl (C=O) groups excluding carboxylic acids is 1. The van der Waals surface area contributed by atoms with Crippen LogP contribution in [0.25, 0.3) is 0 Å². The van der Waals surface area contributed by atoms with Gasteiger partial charge in [-0.3, -0.25) is 9.59 Å². The SMILES string of the molecule is O=C(O)CN(C(=O)C1CC1c1ccc(Cl)c(Cl)c1)C1CCOCC1. The first-order valence-corrected chi connectivity index (χ1v) is 8.78. The third-order valence-electron chi connectivity index (χ3n) is 4.70. The first kappa shape index (κ1) is 17.5. The van der Waals surface area contributed by atoms with Gasteiger partial charge in [-0.1, -0.05) is 29.3 Å². The maximum absolute atomic E-state index is 12.8. The monoisotopic (exact) mass is 371 g/mol. The highest BCUT2D eigenvalue weighted by Crippen LogP contribution is 2.49. The molecule has 0 bridgehead atoms. The fourth-order valence-electron chi connectivity index (χ4n) is 3.32. The molecule has 2 aliphatic rings. The molecule has 5 nitrogen and oxygen atoms in total. The second-order valence-corrected chi connectivity index (χ2v) is 7.14. The maximum Gasteiger partial charge on any atom is 0.323 e. The average molecular weight is 372 g/mol. The molecule has 1 saturated carbocycles. The van der Waals surface area contributed by atoms with E-state index in [1.807, 2.05) is 6.07 Å². The lowest BCUT2D eigenvalue weighted by molar-refractivity contribution is -0.148. The van der Waals surface area contributed by atoms with Gasteiger partial charge in [-0.25, -0.2) is 0 Å². The van der Waals surface area contributed by atoms with E-state index in [0.717, 1.165) is 12.0 Å². The minimum atomic E-state index is -0.985. The predicted octanol–water partition coefficient (Wildman–Crippen LogP) is 3.19. The zero-order valence-corrected chi connectivity index (χ0v) is 14.6. The second kappa shape index (κ2) is 7.30. The molecule has 1 aliphatic carbocycles. The molecule has 7 heteroatoms. The zero-order chi connectivity index (χ0) is 17.3. The van der Waals surface area contributed by atoms with Crippen LogP contribution in [0.15, 0.2) is 18.2 Å². The summed E-state index contributed by atoms with van der Waals surface area (Å²) >= 11 is 12.0. The van der Waals surface area contributed by atoms with Gasteiger partial charge in [-0.05, 0) is 42.9 Å². The van der Waals surface area contributed by atoms with Crippen LogP contribution in [-0.4, -0.2) is 47.7 Å². The molecule has 1 aliphatic heterocycles. The highest BCUT2D eigenvalue weighted by molar-refractivity contribution is 6.42. The Bertz CT molecular complexity index is 645. The molecular formula is C17H19Cl2NO4. The van der Waals surface area contributed by atoms with E-state index in [4.69, 9.17) is 33.0 Å². The molecule has 2 atom stereocenters. The Hall–Kier alpha value is -1.30. The van der Waals surface area contributed by atoms with Gasteiger partial charge in [0.15, 0.2) is 0 Å². The van der Waals surface area contributed by atoms with E-state index in [2.05, 4.69) is 0 Å². The lowest BCUT2D eigenvalue weighted by atomic mass is 10.0. The molecule has 0 spiro atoms. The van der Waals surface area contributed by atoms with Crippen molar-refractivity contribution >= 4 is 35.1 Å². The van der Waals surface area contributed by atoms with Crippen LogP contribution in [0, 0.1) is 5.92 Å². The number of carbonyl (C=O) groups is 2. The molecule has 3 rings (SSSR count). The van der Waals surface area contributed by atoms with E-state index in [-0.39, 0.29) is 30.3 Å². The fraction of sp³-hybridized carbons (Fsp3) is 0.529. The molecule has 2 fully saturated rings. The van der Waals surface area contributed by atoms with Gasteiger partial charge < -0.3 is 14.7 Å². The Morgan fingerprint density at radius 2 is 1.92 bits per heavy atom. The number of carboxylic acids is 1. The van der Waals surface area contributed by atoms with Crippen LogP contribution in [0.1, 0.15) is 30.7 Å². The smallest absolute Gasteiger partial charge is 0.323 e. The minimum absolute atomic E-state index is 0.0580. The average Bonchev–Trinajstić information content (AvgIpc) is 3.36. The van der Waals surface area contributed by atoms with Crippen molar-refractivity contribution in [3.05, 3.63) is 33.8 Å². The number of carboxylic acid groups (broad SMARTS) is 1. The van der Waals surface area contributed by atoms with Gasteiger partial charge in [0.2, 0.25) is 5.91 Å². The van der Waals surface area contributed by atoms with Crippen molar-refractivity contribution < 1.29 is 19.4 Å². The zero-order valence-electron chi connectivity index (χ0n) is 13.1. The normalized spacial score (nSPS) is 23.8. The quantitative estimate of drug-likeness (QED) is 0.862. The van der Waals surface area contributed by atoms with Gasteiger partial charge in [0, 0.05) is 25.2 Å². The molecule has 24 heavy (non-hydrogen) atoms. The van der Waals surface area contributed by atoms with E-state index in [1.165, 1.54) is 4.90 Å². The third-order valence-corrected chi connectivity index (χ3v) is 5.44. The van der Waals surface area contributed by atoms with Crippen molar-refractivity contribution in [3.63, 3.8) is 0 Å². The highest BCUT2D eigenvalue weighted by Gasteiger charge is 2.47. The van der Waals surface area contributed by atoms with Crippen molar-refractivity contribution in [1.29, 1.82) is 0 Å². The second-order valence-electron chi connectivity index (χ2n) is 6.33. The molecule has 1 amide bonds.